The molecule has 0 radical (unpaired) electrons. The zero-order valence-corrected chi connectivity index (χ0v) is 20.9. The lowest BCUT2D eigenvalue weighted by Crippen LogP contribution is -2.31. The van der Waals surface area contributed by atoms with Crippen LogP contribution in [0.25, 0.3) is 0 Å². The van der Waals surface area contributed by atoms with Crippen LogP contribution in [0, 0.1) is 20.8 Å². The molecule has 1 unspecified atom stereocenters. The highest BCUT2D eigenvalue weighted by molar-refractivity contribution is 7.89. The molecule has 0 fully saturated rings. The first-order valence-corrected chi connectivity index (χ1v) is 12.8. The van der Waals surface area contributed by atoms with Crippen molar-refractivity contribution in [3.05, 3.63) is 94.5 Å². The number of nitrogens with one attached hydrogen (secondary N) is 2. The van der Waals surface area contributed by atoms with Crippen molar-refractivity contribution in [3.8, 4) is 5.75 Å². The molecule has 7 heteroatoms. The van der Waals surface area contributed by atoms with Crippen LogP contribution in [-0.4, -0.2) is 27.5 Å². The van der Waals surface area contributed by atoms with E-state index in [1.165, 1.54) is 23.3 Å². The molecular formula is C27H32N2O4S. The third-order valence-corrected chi connectivity index (χ3v) is 7.26. The Morgan fingerprint density at radius 2 is 1.56 bits per heavy atom. The monoisotopic (exact) mass is 480 g/mol. The number of amides is 1. The number of aryl methyl sites for hydroxylation is 3. The van der Waals surface area contributed by atoms with Crippen LogP contribution in [0.2, 0.25) is 0 Å². The predicted octanol–water partition coefficient (Wildman–Crippen LogP) is 4.39. The van der Waals surface area contributed by atoms with Crippen LogP contribution in [-0.2, 0) is 21.2 Å². The van der Waals surface area contributed by atoms with E-state index < -0.39 is 10.0 Å². The van der Waals surface area contributed by atoms with E-state index in [4.69, 9.17) is 4.74 Å². The number of sulfonamides is 1. The zero-order valence-electron chi connectivity index (χ0n) is 20.1. The molecule has 0 saturated carbocycles. The molecule has 0 aliphatic rings. The van der Waals surface area contributed by atoms with E-state index in [1.54, 1.807) is 12.1 Å². The van der Waals surface area contributed by atoms with Crippen LogP contribution in [0.1, 0.15) is 40.8 Å². The Morgan fingerprint density at radius 3 is 2.24 bits per heavy atom. The van der Waals surface area contributed by atoms with Crippen LogP contribution < -0.4 is 14.8 Å². The van der Waals surface area contributed by atoms with Crippen LogP contribution >= 0.6 is 0 Å². The number of carbonyl (C=O) groups excluding carboxylic acids is 1. The van der Waals surface area contributed by atoms with Crippen molar-refractivity contribution in [2.75, 3.05) is 13.2 Å². The van der Waals surface area contributed by atoms with Crippen LogP contribution in [0.5, 0.6) is 5.75 Å². The summed E-state index contributed by atoms with van der Waals surface area (Å²) in [7, 11) is -3.62. The minimum Gasteiger partial charge on any atom is -0.484 e. The van der Waals surface area contributed by atoms with Gasteiger partial charge in [0, 0.05) is 6.54 Å². The number of hydrogen-bond acceptors (Lipinski definition) is 4. The molecule has 6 nitrogen and oxygen atoms in total. The van der Waals surface area contributed by atoms with Crippen molar-refractivity contribution in [2.45, 2.75) is 45.1 Å². The van der Waals surface area contributed by atoms with E-state index in [0.717, 1.165) is 16.7 Å². The third kappa shape index (κ3) is 6.92. The summed E-state index contributed by atoms with van der Waals surface area (Å²) >= 11 is 0. The van der Waals surface area contributed by atoms with Gasteiger partial charge in [-0.15, -0.1) is 0 Å². The summed E-state index contributed by atoms with van der Waals surface area (Å²) in [6.07, 6.45) is 0.608. The maximum atomic E-state index is 12.5. The Labute approximate surface area is 202 Å². The van der Waals surface area contributed by atoms with Gasteiger partial charge in [0.25, 0.3) is 5.91 Å². The third-order valence-electron chi connectivity index (χ3n) is 5.78. The number of rotatable bonds is 10. The average Bonchev–Trinajstić information content (AvgIpc) is 2.81. The topological polar surface area (TPSA) is 84.5 Å². The fourth-order valence-corrected chi connectivity index (χ4v) is 4.76. The molecule has 2 N–H and O–H groups in total. The first-order valence-electron chi connectivity index (χ1n) is 11.3. The second-order valence-electron chi connectivity index (χ2n) is 8.48. The molecule has 3 aromatic carbocycles. The molecule has 0 heterocycles. The lowest BCUT2D eigenvalue weighted by Gasteiger charge is -2.18. The Hall–Kier alpha value is -3.16. The number of ether oxygens (including phenoxy) is 1. The summed E-state index contributed by atoms with van der Waals surface area (Å²) in [5, 5.41) is 2.96. The highest BCUT2D eigenvalue weighted by Crippen LogP contribution is 2.22. The molecule has 3 rings (SSSR count). The second kappa shape index (κ2) is 11.3. The van der Waals surface area contributed by atoms with Crippen LogP contribution in [0.3, 0.4) is 0 Å². The summed E-state index contributed by atoms with van der Waals surface area (Å²) in [6.45, 7) is 8.25. The Kier molecular flexibility index (Phi) is 8.47. The second-order valence-corrected chi connectivity index (χ2v) is 10.2. The smallest absolute Gasteiger partial charge is 0.258 e. The Bertz CT molecular complexity index is 1220. The highest BCUT2D eigenvalue weighted by Gasteiger charge is 2.15. The Balaban J connectivity index is 1.50. The summed E-state index contributed by atoms with van der Waals surface area (Å²) in [5.74, 6) is 0.179. The summed E-state index contributed by atoms with van der Waals surface area (Å²) in [6, 6.07) is 19.8. The van der Waals surface area contributed by atoms with Crippen molar-refractivity contribution in [1.82, 2.24) is 10.0 Å². The SMILES string of the molecule is Cc1cc(C)c(C(C)NC(=O)COc2ccc(S(=O)(=O)NCCc3ccccc3)cc2)cc1C. The number of hydrogen-bond donors (Lipinski definition) is 2. The van der Waals surface area contributed by atoms with Gasteiger partial charge in [-0.05, 0) is 86.2 Å². The van der Waals surface area contributed by atoms with Gasteiger partial charge in [0.05, 0.1) is 10.9 Å². The molecule has 0 aliphatic carbocycles. The minimum atomic E-state index is -3.62. The highest BCUT2D eigenvalue weighted by atomic mass is 32.2. The Morgan fingerprint density at radius 1 is 0.912 bits per heavy atom. The first-order chi connectivity index (χ1) is 16.2. The van der Waals surface area contributed by atoms with Gasteiger partial charge in [0.15, 0.2) is 6.61 Å². The van der Waals surface area contributed by atoms with Gasteiger partial charge >= 0.3 is 0 Å². The van der Waals surface area contributed by atoms with Crippen molar-refractivity contribution in [2.24, 2.45) is 0 Å². The van der Waals surface area contributed by atoms with Gasteiger partial charge in [-0.25, -0.2) is 13.1 Å². The van der Waals surface area contributed by atoms with Crippen molar-refractivity contribution in [3.63, 3.8) is 0 Å². The molecule has 34 heavy (non-hydrogen) atoms. The van der Waals surface area contributed by atoms with Crippen molar-refractivity contribution < 1.29 is 17.9 Å². The maximum absolute atomic E-state index is 12.5. The standard InChI is InChI=1S/C27H32N2O4S/c1-19-16-21(3)26(17-20(19)2)22(4)29-27(30)18-33-24-10-12-25(13-11-24)34(31,32)28-15-14-23-8-6-5-7-9-23/h5-13,16-17,22,28H,14-15,18H2,1-4H3,(H,29,30). The quantitative estimate of drug-likeness (QED) is 0.451. The fraction of sp³-hybridized carbons (Fsp3) is 0.296. The molecule has 0 bridgehead atoms. The van der Waals surface area contributed by atoms with Gasteiger partial charge in [0.2, 0.25) is 10.0 Å². The molecule has 0 aliphatic heterocycles. The van der Waals surface area contributed by atoms with Crippen LogP contribution in [0.4, 0.5) is 0 Å². The average molecular weight is 481 g/mol. The molecule has 0 spiro atoms. The number of benzene rings is 3. The maximum Gasteiger partial charge on any atom is 0.258 e. The lowest BCUT2D eigenvalue weighted by molar-refractivity contribution is -0.123. The van der Waals surface area contributed by atoms with E-state index in [0.29, 0.717) is 18.7 Å². The van der Waals surface area contributed by atoms with E-state index in [9.17, 15) is 13.2 Å². The van der Waals surface area contributed by atoms with E-state index in [-0.39, 0.29) is 23.5 Å². The molecule has 3 aromatic rings. The van der Waals surface area contributed by atoms with Crippen molar-refractivity contribution in [1.29, 1.82) is 0 Å². The zero-order chi connectivity index (χ0) is 24.7. The summed E-state index contributed by atoms with van der Waals surface area (Å²) < 4.78 is 33.2. The van der Waals surface area contributed by atoms with Crippen molar-refractivity contribution >= 4 is 15.9 Å². The lowest BCUT2D eigenvalue weighted by atomic mass is 9.96. The summed E-state index contributed by atoms with van der Waals surface area (Å²) in [5.41, 5.74) is 5.67. The van der Waals surface area contributed by atoms with Crippen LogP contribution in [0.15, 0.2) is 71.6 Å². The summed E-state index contributed by atoms with van der Waals surface area (Å²) in [4.78, 5) is 12.5. The largest absolute Gasteiger partial charge is 0.484 e. The van der Waals surface area contributed by atoms with E-state index in [1.807, 2.05) is 44.2 Å². The molecule has 0 saturated heterocycles. The molecular weight excluding hydrogens is 448 g/mol. The minimum absolute atomic E-state index is 0.148. The van der Waals surface area contributed by atoms with Gasteiger partial charge in [-0.3, -0.25) is 4.79 Å². The molecule has 1 atom stereocenters. The first kappa shape index (κ1) is 25.5. The van der Waals surface area contributed by atoms with E-state index >= 15 is 0 Å². The molecule has 180 valence electrons. The molecule has 0 aromatic heterocycles. The predicted molar refractivity (Wildman–Crippen MR) is 134 cm³/mol. The molecule has 1 amide bonds. The normalized spacial score (nSPS) is 12.2. The number of carbonyl (C=O) groups is 1. The van der Waals surface area contributed by atoms with Gasteiger partial charge in [-0.2, -0.15) is 0 Å². The van der Waals surface area contributed by atoms with E-state index in [2.05, 4.69) is 36.0 Å². The van der Waals surface area contributed by atoms with Gasteiger partial charge in [0.1, 0.15) is 5.75 Å². The fourth-order valence-electron chi connectivity index (χ4n) is 3.73. The van der Waals surface area contributed by atoms with Gasteiger partial charge in [-0.1, -0.05) is 42.5 Å². The van der Waals surface area contributed by atoms with Gasteiger partial charge < -0.3 is 10.1 Å².